The van der Waals surface area contributed by atoms with E-state index in [-0.39, 0.29) is 69.1 Å². The molecule has 3 fully saturated rings. The van der Waals surface area contributed by atoms with Crippen molar-refractivity contribution in [1.29, 1.82) is 0 Å². The van der Waals surface area contributed by atoms with Gasteiger partial charge in [0.05, 0.1) is 5.71 Å². The fourth-order valence-corrected chi connectivity index (χ4v) is 5.08. The van der Waals surface area contributed by atoms with E-state index >= 15 is 0 Å². The molecule has 0 saturated heterocycles. The van der Waals surface area contributed by atoms with Crippen LogP contribution < -0.4 is 16.0 Å². The van der Waals surface area contributed by atoms with Crippen molar-refractivity contribution in [1.82, 2.24) is 16.0 Å². The monoisotopic (exact) mass is 490 g/mol. The highest BCUT2D eigenvalue weighted by Crippen LogP contribution is 2.54. The molecule has 0 radical (unpaired) electrons. The van der Waals surface area contributed by atoms with Gasteiger partial charge in [-0.15, -0.1) is 0 Å². The van der Waals surface area contributed by atoms with Gasteiger partial charge in [0, 0.05) is 43.2 Å². The summed E-state index contributed by atoms with van der Waals surface area (Å²) in [6.45, 7) is 0. The maximum atomic E-state index is 13.6. The number of halogens is 6. The summed E-state index contributed by atoms with van der Waals surface area (Å²) in [6, 6.07) is -0.455. The maximum Gasteiger partial charge on any atom is 0.280 e. The molecule has 0 aromatic carbocycles. The first-order valence-electron chi connectivity index (χ1n) is 11.8. The summed E-state index contributed by atoms with van der Waals surface area (Å²) in [5.41, 5.74) is -0.422. The van der Waals surface area contributed by atoms with Crippen molar-refractivity contribution in [2.75, 3.05) is 0 Å². The van der Waals surface area contributed by atoms with Crippen LogP contribution >= 0.6 is 0 Å². The minimum absolute atomic E-state index is 0.227. The number of rotatable bonds is 4. The molecule has 1 spiro atoms. The van der Waals surface area contributed by atoms with Gasteiger partial charge in [-0.25, -0.2) is 36.3 Å². The summed E-state index contributed by atoms with van der Waals surface area (Å²) >= 11 is 0. The Labute approximate surface area is 193 Å². The fourth-order valence-electron chi connectivity index (χ4n) is 5.08. The molecule has 188 valence electrons. The molecular weight excluding hydrogens is 462 g/mol. The zero-order valence-electron chi connectivity index (χ0n) is 18.6. The van der Waals surface area contributed by atoms with E-state index in [1.54, 1.807) is 0 Å². The molecule has 0 aromatic rings. The first-order valence-corrected chi connectivity index (χ1v) is 11.8. The van der Waals surface area contributed by atoms with E-state index in [1.165, 1.54) is 6.08 Å². The van der Waals surface area contributed by atoms with Gasteiger partial charge in [0.1, 0.15) is 5.70 Å². The van der Waals surface area contributed by atoms with E-state index < -0.39 is 29.9 Å². The molecule has 0 atom stereocenters. The van der Waals surface area contributed by atoms with E-state index in [2.05, 4.69) is 30.9 Å². The zero-order chi connectivity index (χ0) is 24.1. The topological polar surface area (TPSA) is 73.2 Å². The molecule has 6 nitrogen and oxygen atoms in total. The van der Waals surface area contributed by atoms with Crippen molar-refractivity contribution in [3.05, 3.63) is 11.8 Å². The van der Waals surface area contributed by atoms with Gasteiger partial charge < -0.3 is 10.6 Å². The number of guanidine groups is 2. The number of hydrogen-bond donors (Lipinski definition) is 3. The summed E-state index contributed by atoms with van der Waals surface area (Å²) in [6.07, 6.45) is -0.580. The summed E-state index contributed by atoms with van der Waals surface area (Å²) in [5.74, 6) is -4.76. The fraction of sp³-hybridized carbons (Fsp3) is 0.773. The number of alkyl halides is 6. The number of nitrogens with zero attached hydrogens (tertiary/aromatic N) is 3. The second-order valence-electron chi connectivity index (χ2n) is 10.0. The third kappa shape index (κ3) is 5.05. The molecule has 12 heteroatoms. The average molecular weight is 490 g/mol. The maximum absolute atomic E-state index is 13.6. The molecular formula is C22H28F6N6. The summed E-state index contributed by atoms with van der Waals surface area (Å²) in [7, 11) is 0. The van der Waals surface area contributed by atoms with Crippen molar-refractivity contribution in [2.45, 2.75) is 101 Å². The third-order valence-corrected chi connectivity index (χ3v) is 7.30. The molecule has 5 aliphatic rings. The molecule has 5 rings (SSSR count). The molecule has 0 bridgehead atoms. The Balaban J connectivity index is 1.34. The predicted molar refractivity (Wildman–Crippen MR) is 116 cm³/mol. The van der Waals surface area contributed by atoms with Crippen LogP contribution in [0, 0.1) is 5.41 Å². The van der Waals surface area contributed by atoms with Gasteiger partial charge in [-0.3, -0.25) is 10.3 Å². The number of nitrogens with one attached hydrogen (secondary N) is 3. The zero-order valence-corrected chi connectivity index (χ0v) is 18.6. The van der Waals surface area contributed by atoms with E-state index in [0.717, 1.165) is 0 Å². The summed E-state index contributed by atoms with van der Waals surface area (Å²) < 4.78 is 80.9. The normalized spacial score (nSPS) is 28.7. The van der Waals surface area contributed by atoms with Crippen LogP contribution in [0.1, 0.15) is 64.2 Å². The van der Waals surface area contributed by atoms with Crippen molar-refractivity contribution < 1.29 is 26.3 Å². The quantitative estimate of drug-likeness (QED) is 0.514. The Morgan fingerprint density at radius 3 is 1.68 bits per heavy atom. The van der Waals surface area contributed by atoms with Gasteiger partial charge >= 0.3 is 0 Å². The lowest BCUT2D eigenvalue weighted by Crippen LogP contribution is -2.56. The molecule has 0 aromatic heterocycles. The van der Waals surface area contributed by atoms with Crippen LogP contribution in [0.5, 0.6) is 0 Å². The highest BCUT2D eigenvalue weighted by atomic mass is 19.3. The van der Waals surface area contributed by atoms with Gasteiger partial charge in [0.25, 0.3) is 6.43 Å². The smallest absolute Gasteiger partial charge is 0.280 e. The highest BCUT2D eigenvalue weighted by molar-refractivity contribution is 6.07. The van der Waals surface area contributed by atoms with Crippen LogP contribution in [0.15, 0.2) is 26.8 Å². The van der Waals surface area contributed by atoms with Gasteiger partial charge in [0.15, 0.2) is 6.17 Å². The molecule has 0 amide bonds. The summed E-state index contributed by atoms with van der Waals surface area (Å²) in [4.78, 5) is 13.2. The third-order valence-electron chi connectivity index (χ3n) is 7.30. The SMILES string of the molecule is FC(F)C1=CC2(CC2)C(C2N=C(NC3CCC(F)(F)CC3)NC(NC3CCC(F)(F)CC3)=N2)=N1. The van der Waals surface area contributed by atoms with Gasteiger partial charge in [-0.2, -0.15) is 0 Å². The molecule has 34 heavy (non-hydrogen) atoms. The Hall–Kier alpha value is -2.27. The van der Waals surface area contributed by atoms with Gasteiger partial charge in [-0.1, -0.05) is 0 Å². The van der Waals surface area contributed by atoms with Crippen molar-refractivity contribution in [3.63, 3.8) is 0 Å². The first-order chi connectivity index (χ1) is 16.0. The lowest BCUT2D eigenvalue weighted by Gasteiger charge is -2.33. The molecule has 3 saturated carbocycles. The Morgan fingerprint density at radius 2 is 1.26 bits per heavy atom. The predicted octanol–water partition coefficient (Wildman–Crippen LogP) is 4.35. The van der Waals surface area contributed by atoms with Crippen LogP contribution in [0.2, 0.25) is 0 Å². The Morgan fingerprint density at radius 1 is 0.794 bits per heavy atom. The highest BCUT2D eigenvalue weighted by Gasteiger charge is 2.53. The minimum Gasteiger partial charge on any atom is -0.353 e. The van der Waals surface area contributed by atoms with Crippen LogP contribution in [0.3, 0.4) is 0 Å². The second kappa shape index (κ2) is 8.44. The Kier molecular flexibility index (Phi) is 5.83. The van der Waals surface area contributed by atoms with Gasteiger partial charge in [-0.05, 0) is 44.6 Å². The average Bonchev–Trinajstić information content (AvgIpc) is 3.42. The number of allylic oxidation sites excluding steroid dienone is 2. The molecule has 2 heterocycles. The van der Waals surface area contributed by atoms with Crippen LogP contribution in [-0.2, 0) is 0 Å². The van der Waals surface area contributed by atoms with Crippen molar-refractivity contribution in [2.24, 2.45) is 20.4 Å². The molecule has 3 aliphatic carbocycles. The van der Waals surface area contributed by atoms with E-state index in [1.807, 2.05) is 0 Å². The van der Waals surface area contributed by atoms with Crippen molar-refractivity contribution in [3.8, 4) is 0 Å². The van der Waals surface area contributed by atoms with E-state index in [0.29, 0.717) is 30.5 Å². The van der Waals surface area contributed by atoms with Gasteiger partial charge in [0.2, 0.25) is 23.8 Å². The molecule has 2 aliphatic heterocycles. The molecule has 0 unspecified atom stereocenters. The Bertz CT molecular complexity index is 872. The number of aliphatic imine (C=N–C) groups is 3. The van der Waals surface area contributed by atoms with Crippen molar-refractivity contribution >= 4 is 17.6 Å². The standard InChI is InChI=1S/C22H28F6N6/c23-16(24)14-11-20(9-10-20)15(31-14)17-32-18(29-12-1-5-21(25,26)6-2-12)34-19(33-17)30-13-3-7-22(27,28)8-4-13/h11-13,16-17H,1-10H2,(H3,29,30,32,33,34). The molecule has 3 N–H and O–H groups in total. The summed E-state index contributed by atoms with van der Waals surface area (Å²) in [5, 5.41) is 9.32. The largest absolute Gasteiger partial charge is 0.353 e. The van der Waals surface area contributed by atoms with E-state index in [4.69, 9.17) is 0 Å². The van der Waals surface area contributed by atoms with Crippen LogP contribution in [-0.4, -0.2) is 54.2 Å². The minimum atomic E-state index is -2.70. The van der Waals surface area contributed by atoms with E-state index in [9.17, 15) is 26.3 Å². The lowest BCUT2D eigenvalue weighted by molar-refractivity contribution is -0.0394. The second-order valence-corrected chi connectivity index (χ2v) is 10.0. The van der Waals surface area contributed by atoms with Crippen LogP contribution in [0.25, 0.3) is 0 Å². The first kappa shape index (κ1) is 23.5. The lowest BCUT2D eigenvalue weighted by atomic mass is 9.92. The number of hydrogen-bond acceptors (Lipinski definition) is 6. The van der Waals surface area contributed by atoms with Crippen LogP contribution in [0.4, 0.5) is 26.3 Å².